The monoisotopic (exact) mass is 643 g/mol. The van der Waals surface area contributed by atoms with Crippen molar-refractivity contribution in [1.29, 1.82) is 0 Å². The predicted molar refractivity (Wildman–Crippen MR) is 135 cm³/mol. The number of ether oxygens (including phenoxy) is 1. The van der Waals surface area contributed by atoms with Gasteiger partial charge in [0.05, 0.1) is 6.20 Å². The average molecular weight is 642 g/mol. The molecule has 0 amide bonds. The first-order valence-corrected chi connectivity index (χ1v) is 11.5. The van der Waals surface area contributed by atoms with Gasteiger partial charge < -0.3 is 10.2 Å². The van der Waals surface area contributed by atoms with Crippen LogP contribution in [0.25, 0.3) is 38.7 Å². The molecule has 1 fully saturated rings. The van der Waals surface area contributed by atoms with Crippen LogP contribution in [-0.2, 0) is 19.8 Å². The van der Waals surface area contributed by atoms with E-state index in [0.29, 0.717) is 0 Å². The van der Waals surface area contributed by atoms with Gasteiger partial charge in [0.25, 0.3) is 0 Å². The van der Waals surface area contributed by atoms with Gasteiger partial charge in [-0.2, -0.15) is 5.10 Å². The van der Waals surface area contributed by atoms with E-state index >= 15 is 0 Å². The van der Waals surface area contributed by atoms with Gasteiger partial charge in [-0.05, 0) is 43.6 Å². The van der Waals surface area contributed by atoms with E-state index in [0.717, 1.165) is 57.6 Å². The third-order valence-electron chi connectivity index (χ3n) is 6.42. The second kappa shape index (κ2) is 11.1. The van der Waals surface area contributed by atoms with Crippen LogP contribution in [0.1, 0.15) is 12.8 Å². The van der Waals surface area contributed by atoms with Gasteiger partial charge in [0.15, 0.2) is 5.65 Å². The number of hydrogen-bond donors (Lipinski definition) is 0. The van der Waals surface area contributed by atoms with Crippen LogP contribution in [0.15, 0.2) is 79.3 Å². The molecule has 6 nitrogen and oxygen atoms in total. The van der Waals surface area contributed by atoms with E-state index in [1.165, 1.54) is 25.9 Å². The molecule has 7 heteroatoms. The van der Waals surface area contributed by atoms with Crippen molar-refractivity contribution in [3.8, 4) is 28.0 Å². The first kappa shape index (κ1) is 25.0. The van der Waals surface area contributed by atoms with Crippen molar-refractivity contribution >= 4 is 16.4 Å². The Morgan fingerprint density at radius 3 is 2.51 bits per heavy atom. The Balaban J connectivity index is 0.00000144. The Kier molecular flexibility index (Phi) is 7.92. The molecule has 0 saturated carbocycles. The molecule has 3 aromatic carbocycles. The summed E-state index contributed by atoms with van der Waals surface area (Å²) >= 11 is 0. The molecule has 0 bridgehead atoms. The minimum atomic E-state index is 0. The fourth-order valence-corrected chi connectivity index (χ4v) is 4.64. The molecular formula is C28H27N4O2Os+. The van der Waals surface area contributed by atoms with Gasteiger partial charge in [-0.3, -0.25) is 4.90 Å². The maximum absolute atomic E-state index is 5.94. The van der Waals surface area contributed by atoms with Crippen LogP contribution in [0.4, 0.5) is 0 Å². The van der Waals surface area contributed by atoms with E-state index in [-0.39, 0.29) is 25.3 Å². The van der Waals surface area contributed by atoms with Gasteiger partial charge in [-0.25, -0.2) is 9.50 Å². The molecule has 3 heterocycles. The van der Waals surface area contributed by atoms with Crippen LogP contribution in [0.2, 0.25) is 0 Å². The standard InChI is InChI=1S/C28H25N4O.H2O.Os/c1-2-8-25-22(6-1)7-5-9-26(25)27-19-30-32-20-23(18-29-28(27)32)21-10-12-24(13-11-21)33-17-16-31-14-3-4-15-31;;/h1-2,5-6,8-13,18-20H,3-4,14-17H2;1H2;/q-1;;+2. The molecule has 6 rings (SSSR count). The van der Waals surface area contributed by atoms with Gasteiger partial charge in [-0.15, -0.1) is 41.1 Å². The minimum absolute atomic E-state index is 0. The topological polar surface area (TPSA) is 74.2 Å². The maximum atomic E-state index is 5.94. The summed E-state index contributed by atoms with van der Waals surface area (Å²) in [5.41, 5.74) is 5.10. The Labute approximate surface area is 217 Å². The predicted octanol–water partition coefficient (Wildman–Crippen LogP) is 4.66. The number of fused-ring (bicyclic) bond motifs is 2. The Morgan fingerprint density at radius 1 is 0.886 bits per heavy atom. The van der Waals surface area contributed by atoms with Crippen molar-refractivity contribution in [3.05, 3.63) is 85.3 Å². The number of likely N-dealkylation sites (tertiary alicyclic amines) is 1. The van der Waals surface area contributed by atoms with Crippen LogP contribution in [0.3, 0.4) is 0 Å². The van der Waals surface area contributed by atoms with E-state index < -0.39 is 0 Å². The zero-order valence-corrected chi connectivity index (χ0v) is 21.8. The Morgan fingerprint density at radius 2 is 1.69 bits per heavy atom. The molecule has 0 spiro atoms. The van der Waals surface area contributed by atoms with E-state index in [1.807, 2.05) is 47.4 Å². The third kappa shape index (κ3) is 5.13. The molecule has 5 aromatic rings. The molecule has 2 N–H and O–H groups in total. The molecule has 1 saturated heterocycles. The molecule has 1 aliphatic rings. The summed E-state index contributed by atoms with van der Waals surface area (Å²) in [7, 11) is 0. The molecular weight excluding hydrogens is 615 g/mol. The van der Waals surface area contributed by atoms with Crippen LogP contribution >= 0.6 is 0 Å². The normalized spacial score (nSPS) is 13.5. The summed E-state index contributed by atoms with van der Waals surface area (Å²) < 4.78 is 7.80. The number of aromatic nitrogens is 3. The van der Waals surface area contributed by atoms with Gasteiger partial charge in [0.2, 0.25) is 0 Å². The first-order valence-electron chi connectivity index (χ1n) is 11.5. The molecule has 1 aliphatic heterocycles. The Bertz CT molecular complexity index is 1410. The number of benzene rings is 3. The summed E-state index contributed by atoms with van der Waals surface area (Å²) in [6.07, 6.45) is 8.47. The fraction of sp³-hybridized carbons (Fsp3) is 0.214. The molecule has 0 radical (unpaired) electrons. The second-order valence-electron chi connectivity index (χ2n) is 8.53. The zero-order valence-electron chi connectivity index (χ0n) is 19.3. The van der Waals surface area contributed by atoms with Gasteiger partial charge in [0, 0.05) is 30.1 Å². The third-order valence-corrected chi connectivity index (χ3v) is 6.42. The van der Waals surface area contributed by atoms with Gasteiger partial charge >= 0.3 is 19.8 Å². The quantitative estimate of drug-likeness (QED) is 0.253. The van der Waals surface area contributed by atoms with Crippen molar-refractivity contribution in [2.24, 2.45) is 0 Å². The largest absolute Gasteiger partial charge is 2.00 e. The number of rotatable bonds is 6. The molecule has 0 atom stereocenters. The summed E-state index contributed by atoms with van der Waals surface area (Å²) in [5, 5.41) is 6.84. The average Bonchev–Trinajstić information content (AvgIpc) is 3.54. The molecule has 178 valence electrons. The smallest absolute Gasteiger partial charge is 0.492 e. The van der Waals surface area contributed by atoms with Crippen molar-refractivity contribution in [2.75, 3.05) is 26.2 Å². The summed E-state index contributed by atoms with van der Waals surface area (Å²) in [6, 6.07) is 23.9. The summed E-state index contributed by atoms with van der Waals surface area (Å²) in [4.78, 5) is 7.23. The van der Waals surface area contributed by atoms with Crippen molar-refractivity contribution < 1.29 is 30.0 Å². The molecule has 35 heavy (non-hydrogen) atoms. The molecule has 2 aromatic heterocycles. The number of nitrogens with zero attached hydrogens (tertiary/aromatic N) is 4. The van der Waals surface area contributed by atoms with Crippen LogP contribution in [0.5, 0.6) is 5.75 Å². The SMILES string of the molecule is O.[Os+2].[c-]1ccc(-c2cnn3cc(-c4ccc(OCCN5CCCC5)cc4)cnc23)c2ccccc12. The number of hydrogen-bond acceptors (Lipinski definition) is 4. The maximum Gasteiger partial charge on any atom is 2.00 e. The van der Waals surface area contributed by atoms with Gasteiger partial charge in [-0.1, -0.05) is 29.8 Å². The first-order chi connectivity index (χ1) is 16.3. The summed E-state index contributed by atoms with van der Waals surface area (Å²) in [6.45, 7) is 4.13. The van der Waals surface area contributed by atoms with E-state index in [2.05, 4.69) is 52.5 Å². The van der Waals surface area contributed by atoms with Crippen LogP contribution < -0.4 is 4.74 Å². The van der Waals surface area contributed by atoms with E-state index in [4.69, 9.17) is 9.72 Å². The molecule has 0 aliphatic carbocycles. The zero-order chi connectivity index (χ0) is 22.0. The van der Waals surface area contributed by atoms with Crippen LogP contribution in [-0.4, -0.2) is 51.2 Å². The van der Waals surface area contributed by atoms with E-state index in [1.54, 1.807) is 0 Å². The van der Waals surface area contributed by atoms with E-state index in [9.17, 15) is 0 Å². The Hall–Kier alpha value is -3.10. The molecule has 0 unspecified atom stereocenters. The van der Waals surface area contributed by atoms with Crippen molar-refractivity contribution in [3.63, 3.8) is 0 Å². The summed E-state index contributed by atoms with van der Waals surface area (Å²) in [5.74, 6) is 0.904. The van der Waals surface area contributed by atoms with Crippen molar-refractivity contribution in [2.45, 2.75) is 12.8 Å². The van der Waals surface area contributed by atoms with Crippen LogP contribution in [0, 0.1) is 6.07 Å². The van der Waals surface area contributed by atoms with Gasteiger partial charge in [0.1, 0.15) is 12.4 Å². The van der Waals surface area contributed by atoms with Crippen molar-refractivity contribution in [1.82, 2.24) is 19.5 Å². The fourth-order valence-electron chi connectivity index (χ4n) is 4.64. The minimum Gasteiger partial charge on any atom is -0.492 e. The second-order valence-corrected chi connectivity index (χ2v) is 8.53.